The summed E-state index contributed by atoms with van der Waals surface area (Å²) in [7, 11) is 2.06. The number of aliphatic hydroxyl groups excluding tert-OH is 1. The van der Waals surface area contributed by atoms with Gasteiger partial charge in [0.05, 0.1) is 12.3 Å². The minimum absolute atomic E-state index is 0.192. The Hall–Kier alpha value is -0.910. The van der Waals surface area contributed by atoms with Gasteiger partial charge in [0.15, 0.2) is 5.13 Å². The van der Waals surface area contributed by atoms with Crippen LogP contribution in [-0.2, 0) is 6.42 Å². The third-order valence-electron chi connectivity index (χ3n) is 2.72. The zero-order valence-electron chi connectivity index (χ0n) is 11.2. The molecule has 0 amide bonds. The maximum Gasteiger partial charge on any atom is 0.185 e. The van der Waals surface area contributed by atoms with E-state index < -0.39 is 0 Å². The van der Waals surface area contributed by atoms with Crippen molar-refractivity contribution < 1.29 is 5.11 Å². The van der Waals surface area contributed by atoms with Crippen molar-refractivity contribution in [3.05, 3.63) is 23.7 Å². The number of aliphatic hydroxyl groups is 1. The first-order valence-corrected chi connectivity index (χ1v) is 7.16. The van der Waals surface area contributed by atoms with Gasteiger partial charge in [0.2, 0.25) is 0 Å². The van der Waals surface area contributed by atoms with Gasteiger partial charge in [-0.25, -0.2) is 4.98 Å². The monoisotopic (exact) mass is 269 g/mol. The largest absolute Gasteiger partial charge is 0.395 e. The minimum Gasteiger partial charge on any atom is -0.395 e. The van der Waals surface area contributed by atoms with Crippen LogP contribution in [0, 0.1) is 0 Å². The number of aromatic nitrogens is 1. The second kappa shape index (κ2) is 8.24. The molecule has 1 heterocycles. The van der Waals surface area contributed by atoms with Crippen molar-refractivity contribution >= 4 is 16.5 Å². The van der Waals surface area contributed by atoms with Gasteiger partial charge in [-0.3, -0.25) is 0 Å². The molecule has 0 aliphatic rings. The molecule has 0 radical (unpaired) electrons. The highest BCUT2D eigenvalue weighted by Gasteiger charge is 2.08. The average molecular weight is 269 g/mol. The lowest BCUT2D eigenvalue weighted by Gasteiger charge is -2.19. The molecular weight excluding hydrogens is 246 g/mol. The lowest BCUT2D eigenvalue weighted by Crippen LogP contribution is -2.32. The molecule has 4 nitrogen and oxygen atoms in total. The van der Waals surface area contributed by atoms with E-state index in [1.807, 2.05) is 6.08 Å². The van der Waals surface area contributed by atoms with E-state index in [-0.39, 0.29) is 6.61 Å². The fraction of sp³-hybridized carbons (Fsp3) is 0.615. The molecule has 102 valence electrons. The second-order valence-electron chi connectivity index (χ2n) is 4.40. The van der Waals surface area contributed by atoms with E-state index in [0.29, 0.717) is 12.6 Å². The SMILES string of the molecule is C=CCc1csc(N(C)CCC(C)NCCO)n1. The summed E-state index contributed by atoms with van der Waals surface area (Å²) in [6.45, 7) is 7.66. The number of thiazole rings is 1. The van der Waals surface area contributed by atoms with Gasteiger partial charge in [0, 0.05) is 38.0 Å². The molecule has 5 heteroatoms. The quantitative estimate of drug-likeness (QED) is 0.670. The lowest BCUT2D eigenvalue weighted by atomic mass is 10.2. The Labute approximate surface area is 113 Å². The third kappa shape index (κ3) is 5.16. The molecule has 0 aliphatic carbocycles. The van der Waals surface area contributed by atoms with E-state index in [4.69, 9.17) is 5.11 Å². The summed E-state index contributed by atoms with van der Waals surface area (Å²) in [6.07, 6.45) is 3.74. The predicted octanol–water partition coefficient (Wildman–Crippen LogP) is 1.67. The van der Waals surface area contributed by atoms with Crippen LogP contribution in [0.5, 0.6) is 0 Å². The maximum atomic E-state index is 8.73. The van der Waals surface area contributed by atoms with Gasteiger partial charge in [0.1, 0.15) is 0 Å². The second-order valence-corrected chi connectivity index (χ2v) is 5.24. The number of rotatable bonds is 9. The van der Waals surface area contributed by atoms with Crippen molar-refractivity contribution in [2.24, 2.45) is 0 Å². The van der Waals surface area contributed by atoms with Gasteiger partial charge >= 0.3 is 0 Å². The number of nitrogens with one attached hydrogen (secondary N) is 1. The normalized spacial score (nSPS) is 12.4. The van der Waals surface area contributed by atoms with E-state index in [1.54, 1.807) is 11.3 Å². The fourth-order valence-corrected chi connectivity index (χ4v) is 2.44. The smallest absolute Gasteiger partial charge is 0.185 e. The summed E-state index contributed by atoms with van der Waals surface area (Å²) in [5.41, 5.74) is 1.09. The average Bonchev–Trinajstić information content (AvgIpc) is 2.82. The van der Waals surface area contributed by atoms with Crippen LogP contribution in [0.15, 0.2) is 18.0 Å². The summed E-state index contributed by atoms with van der Waals surface area (Å²) < 4.78 is 0. The van der Waals surface area contributed by atoms with E-state index in [0.717, 1.165) is 30.2 Å². The van der Waals surface area contributed by atoms with E-state index in [9.17, 15) is 0 Å². The van der Waals surface area contributed by atoms with Crippen LogP contribution in [0.3, 0.4) is 0 Å². The molecule has 18 heavy (non-hydrogen) atoms. The molecule has 1 rings (SSSR count). The highest BCUT2D eigenvalue weighted by atomic mass is 32.1. The molecular formula is C13H23N3OS. The molecule has 1 atom stereocenters. The van der Waals surface area contributed by atoms with E-state index in [1.165, 1.54) is 0 Å². The van der Waals surface area contributed by atoms with Crippen molar-refractivity contribution in [3.63, 3.8) is 0 Å². The Kier molecular flexibility index (Phi) is 6.93. The molecule has 1 aromatic rings. The predicted molar refractivity (Wildman–Crippen MR) is 78.5 cm³/mol. The molecule has 0 saturated carbocycles. The van der Waals surface area contributed by atoms with Crippen molar-refractivity contribution in [1.82, 2.24) is 10.3 Å². The van der Waals surface area contributed by atoms with Crippen LogP contribution in [0.1, 0.15) is 19.0 Å². The summed E-state index contributed by atoms with van der Waals surface area (Å²) in [6, 6.07) is 0.409. The molecule has 0 saturated heterocycles. The van der Waals surface area contributed by atoms with Crippen LogP contribution in [0.2, 0.25) is 0 Å². The first kappa shape index (κ1) is 15.1. The topological polar surface area (TPSA) is 48.4 Å². The van der Waals surface area contributed by atoms with Gasteiger partial charge < -0.3 is 15.3 Å². The Bertz CT molecular complexity index is 354. The van der Waals surface area contributed by atoms with Crippen LogP contribution in [-0.4, -0.2) is 42.9 Å². The summed E-state index contributed by atoms with van der Waals surface area (Å²) in [5.74, 6) is 0. The zero-order valence-corrected chi connectivity index (χ0v) is 12.0. The van der Waals surface area contributed by atoms with Crippen molar-refractivity contribution in [2.75, 3.05) is 31.6 Å². The van der Waals surface area contributed by atoms with Crippen LogP contribution >= 0.6 is 11.3 Å². The van der Waals surface area contributed by atoms with E-state index in [2.05, 4.69) is 41.1 Å². The molecule has 0 bridgehead atoms. The number of hydrogen-bond donors (Lipinski definition) is 2. The molecule has 0 spiro atoms. The zero-order chi connectivity index (χ0) is 13.4. The van der Waals surface area contributed by atoms with Crippen LogP contribution in [0.4, 0.5) is 5.13 Å². The van der Waals surface area contributed by atoms with E-state index >= 15 is 0 Å². The highest BCUT2D eigenvalue weighted by Crippen LogP contribution is 2.20. The van der Waals surface area contributed by atoms with Gasteiger partial charge in [-0.2, -0.15) is 0 Å². The third-order valence-corrected chi connectivity index (χ3v) is 3.73. The van der Waals surface area contributed by atoms with Crippen molar-refractivity contribution in [2.45, 2.75) is 25.8 Å². The van der Waals surface area contributed by atoms with Gasteiger partial charge in [-0.15, -0.1) is 17.9 Å². The number of allylic oxidation sites excluding steroid dienone is 1. The Balaban J connectivity index is 2.34. The molecule has 1 unspecified atom stereocenters. The molecule has 0 fully saturated rings. The number of hydrogen-bond acceptors (Lipinski definition) is 5. The van der Waals surface area contributed by atoms with Crippen molar-refractivity contribution in [3.8, 4) is 0 Å². The first-order chi connectivity index (χ1) is 8.67. The maximum absolute atomic E-state index is 8.73. The number of nitrogens with zero attached hydrogens (tertiary/aromatic N) is 2. The summed E-state index contributed by atoms with van der Waals surface area (Å²) >= 11 is 1.67. The van der Waals surface area contributed by atoms with Crippen LogP contribution < -0.4 is 10.2 Å². The Morgan fingerprint density at radius 2 is 2.44 bits per heavy atom. The molecule has 1 aromatic heterocycles. The van der Waals surface area contributed by atoms with Gasteiger partial charge in [0.25, 0.3) is 0 Å². The first-order valence-electron chi connectivity index (χ1n) is 6.28. The fourth-order valence-electron chi connectivity index (χ4n) is 1.61. The standard InChI is InChI=1S/C13H23N3OS/c1-4-5-12-10-18-13(15-12)16(3)8-6-11(2)14-7-9-17/h4,10-11,14,17H,1,5-9H2,2-3H3. The van der Waals surface area contributed by atoms with Gasteiger partial charge in [-0.1, -0.05) is 6.08 Å². The van der Waals surface area contributed by atoms with Crippen LogP contribution in [0.25, 0.3) is 0 Å². The molecule has 2 N–H and O–H groups in total. The summed E-state index contributed by atoms with van der Waals surface area (Å²) in [4.78, 5) is 6.73. The highest BCUT2D eigenvalue weighted by molar-refractivity contribution is 7.13. The van der Waals surface area contributed by atoms with Gasteiger partial charge in [-0.05, 0) is 13.3 Å². The molecule has 0 aliphatic heterocycles. The summed E-state index contributed by atoms with van der Waals surface area (Å²) in [5, 5.41) is 15.1. The lowest BCUT2D eigenvalue weighted by molar-refractivity contribution is 0.284. The van der Waals surface area contributed by atoms with Crippen molar-refractivity contribution in [1.29, 1.82) is 0 Å². The minimum atomic E-state index is 0.192. The molecule has 0 aromatic carbocycles. The number of anilines is 1. The Morgan fingerprint density at radius 1 is 1.67 bits per heavy atom. The Morgan fingerprint density at radius 3 is 3.11 bits per heavy atom.